The van der Waals surface area contributed by atoms with Crippen LogP contribution in [0, 0.1) is 0 Å². The Morgan fingerprint density at radius 2 is 1.61 bits per heavy atom. The van der Waals surface area contributed by atoms with Crippen molar-refractivity contribution in [3.8, 4) is 5.75 Å². The smallest absolute Gasteiger partial charge is 0.234 e. The second-order valence-electron chi connectivity index (χ2n) is 7.75. The Bertz CT molecular complexity index is 939. The number of methoxy groups -OCH3 is 1. The highest BCUT2D eigenvalue weighted by Gasteiger charge is 2.28. The first-order chi connectivity index (χ1) is 15.3. The van der Waals surface area contributed by atoms with Gasteiger partial charge in [-0.15, -0.1) is 0 Å². The van der Waals surface area contributed by atoms with E-state index >= 15 is 0 Å². The summed E-state index contributed by atoms with van der Waals surface area (Å²) in [6.07, 6.45) is 0. The summed E-state index contributed by atoms with van der Waals surface area (Å²) in [7, 11) is 1.69. The van der Waals surface area contributed by atoms with Crippen LogP contribution >= 0.6 is 0 Å². The van der Waals surface area contributed by atoms with Crippen molar-refractivity contribution in [1.82, 2.24) is 15.5 Å². The Morgan fingerprint density at radius 3 is 2.26 bits per heavy atom. The zero-order valence-corrected chi connectivity index (χ0v) is 17.8. The van der Waals surface area contributed by atoms with Gasteiger partial charge in [0, 0.05) is 25.2 Å². The molecule has 3 aromatic rings. The first-order valence-electron chi connectivity index (χ1n) is 10.7. The van der Waals surface area contributed by atoms with Gasteiger partial charge < -0.3 is 15.4 Å². The maximum absolute atomic E-state index is 13.2. The Balaban J connectivity index is 1.52. The Labute approximate surface area is 184 Å². The van der Waals surface area contributed by atoms with E-state index in [0.717, 1.165) is 42.1 Å². The lowest BCUT2D eigenvalue weighted by molar-refractivity contribution is -0.123. The first kappa shape index (κ1) is 21.1. The van der Waals surface area contributed by atoms with Crippen LogP contribution in [-0.4, -0.2) is 44.1 Å². The molecule has 3 aromatic carbocycles. The van der Waals surface area contributed by atoms with Crippen LogP contribution in [0.4, 0.5) is 0 Å². The molecule has 1 aliphatic heterocycles. The fourth-order valence-corrected chi connectivity index (χ4v) is 4.23. The number of carbonyl (C=O) groups is 1. The Morgan fingerprint density at radius 1 is 1.00 bits per heavy atom. The molecule has 1 amide bonds. The van der Waals surface area contributed by atoms with Crippen molar-refractivity contribution in [2.75, 3.05) is 33.3 Å². The van der Waals surface area contributed by atoms with E-state index < -0.39 is 0 Å². The van der Waals surface area contributed by atoms with Gasteiger partial charge in [0.1, 0.15) is 5.75 Å². The van der Waals surface area contributed by atoms with Crippen molar-refractivity contribution < 1.29 is 9.53 Å². The van der Waals surface area contributed by atoms with Gasteiger partial charge in [0.2, 0.25) is 5.91 Å². The third-order valence-electron chi connectivity index (χ3n) is 5.77. The maximum Gasteiger partial charge on any atom is 0.234 e. The van der Waals surface area contributed by atoms with Crippen molar-refractivity contribution in [2.24, 2.45) is 0 Å². The van der Waals surface area contributed by atoms with Crippen molar-refractivity contribution in [3.63, 3.8) is 0 Å². The molecular weight excluding hydrogens is 386 g/mol. The molecule has 1 saturated heterocycles. The fourth-order valence-electron chi connectivity index (χ4n) is 4.23. The van der Waals surface area contributed by atoms with E-state index in [-0.39, 0.29) is 18.0 Å². The van der Waals surface area contributed by atoms with Crippen LogP contribution in [0.15, 0.2) is 84.9 Å². The molecule has 2 N–H and O–H groups in total. The van der Waals surface area contributed by atoms with E-state index in [0.29, 0.717) is 6.54 Å². The molecule has 0 saturated carbocycles. The molecule has 0 aliphatic carbocycles. The lowest BCUT2D eigenvalue weighted by Crippen LogP contribution is -2.50. The van der Waals surface area contributed by atoms with Gasteiger partial charge in [0.15, 0.2) is 0 Å². The molecule has 4 rings (SSSR count). The van der Waals surface area contributed by atoms with Crippen molar-refractivity contribution in [3.05, 3.63) is 102 Å². The number of amides is 1. The molecule has 1 aliphatic rings. The van der Waals surface area contributed by atoms with Crippen LogP contribution in [0.5, 0.6) is 5.75 Å². The summed E-state index contributed by atoms with van der Waals surface area (Å²) in [5.74, 6) is 0.868. The van der Waals surface area contributed by atoms with Gasteiger partial charge in [-0.05, 0) is 17.2 Å². The summed E-state index contributed by atoms with van der Waals surface area (Å²) < 4.78 is 5.58. The SMILES string of the molecule is COc1ccccc1[C@@H]1CNCCN1CC(=O)NC(c1ccccc1)c1ccccc1. The predicted octanol–water partition coefficient (Wildman–Crippen LogP) is 3.55. The summed E-state index contributed by atoms with van der Waals surface area (Å²) in [6.45, 7) is 2.78. The summed E-state index contributed by atoms with van der Waals surface area (Å²) >= 11 is 0. The molecule has 0 radical (unpaired) electrons. The largest absolute Gasteiger partial charge is 0.496 e. The summed E-state index contributed by atoms with van der Waals surface area (Å²) in [6, 6.07) is 28.2. The third kappa shape index (κ3) is 5.13. The second kappa shape index (κ2) is 10.2. The minimum absolute atomic E-state index is 0.0134. The molecule has 5 nitrogen and oxygen atoms in total. The highest BCUT2D eigenvalue weighted by atomic mass is 16.5. The number of carbonyl (C=O) groups excluding carboxylic acids is 1. The highest BCUT2D eigenvalue weighted by Crippen LogP contribution is 2.30. The highest BCUT2D eigenvalue weighted by molar-refractivity contribution is 5.79. The van der Waals surface area contributed by atoms with E-state index in [2.05, 4.69) is 45.9 Å². The number of rotatable bonds is 7. The van der Waals surface area contributed by atoms with Crippen molar-refractivity contribution in [1.29, 1.82) is 0 Å². The standard InChI is InChI=1S/C26H29N3O2/c1-31-24-15-9-8-14-22(24)23-18-27-16-17-29(23)19-25(30)28-26(20-10-4-2-5-11-20)21-12-6-3-7-13-21/h2-15,23,26-27H,16-19H2,1H3,(H,28,30)/t23-/m0/s1. The van der Waals surface area contributed by atoms with Crippen LogP contribution in [-0.2, 0) is 4.79 Å². The van der Waals surface area contributed by atoms with Gasteiger partial charge in [-0.2, -0.15) is 0 Å². The zero-order valence-electron chi connectivity index (χ0n) is 17.8. The molecule has 0 unspecified atom stereocenters. The van der Waals surface area contributed by atoms with Crippen LogP contribution in [0.25, 0.3) is 0 Å². The summed E-state index contributed by atoms with van der Waals surface area (Å²) in [4.78, 5) is 15.4. The molecular formula is C26H29N3O2. The Kier molecular flexibility index (Phi) is 6.97. The topological polar surface area (TPSA) is 53.6 Å². The minimum atomic E-state index is -0.178. The third-order valence-corrected chi connectivity index (χ3v) is 5.77. The quantitative estimate of drug-likeness (QED) is 0.620. The summed E-state index contributed by atoms with van der Waals surface area (Å²) in [5.41, 5.74) is 3.25. The fraction of sp³-hybridized carbons (Fsp3) is 0.269. The lowest BCUT2D eigenvalue weighted by atomic mass is 9.98. The molecule has 160 valence electrons. The van der Waals surface area contributed by atoms with Gasteiger partial charge in [-0.3, -0.25) is 9.69 Å². The van der Waals surface area contributed by atoms with E-state index in [4.69, 9.17) is 4.74 Å². The lowest BCUT2D eigenvalue weighted by Gasteiger charge is -2.36. The molecule has 0 aromatic heterocycles. The number of hydrogen-bond donors (Lipinski definition) is 2. The van der Waals surface area contributed by atoms with E-state index in [1.165, 1.54) is 0 Å². The van der Waals surface area contributed by atoms with Crippen molar-refractivity contribution >= 4 is 5.91 Å². The predicted molar refractivity (Wildman–Crippen MR) is 123 cm³/mol. The molecule has 0 bridgehead atoms. The molecule has 31 heavy (non-hydrogen) atoms. The monoisotopic (exact) mass is 415 g/mol. The zero-order chi connectivity index (χ0) is 21.5. The average Bonchev–Trinajstić information content (AvgIpc) is 2.84. The van der Waals surface area contributed by atoms with Crippen LogP contribution < -0.4 is 15.4 Å². The van der Waals surface area contributed by atoms with Gasteiger partial charge in [0.05, 0.1) is 25.7 Å². The van der Waals surface area contributed by atoms with E-state index in [1.807, 2.05) is 54.6 Å². The number of benzene rings is 3. The summed E-state index contributed by atoms with van der Waals surface area (Å²) in [5, 5.41) is 6.72. The van der Waals surface area contributed by atoms with Gasteiger partial charge >= 0.3 is 0 Å². The first-order valence-corrected chi connectivity index (χ1v) is 10.7. The van der Waals surface area contributed by atoms with Gasteiger partial charge in [0.25, 0.3) is 0 Å². The molecule has 1 atom stereocenters. The number of ether oxygens (including phenoxy) is 1. The molecule has 1 fully saturated rings. The van der Waals surface area contributed by atoms with E-state index in [9.17, 15) is 4.79 Å². The number of nitrogens with zero attached hydrogens (tertiary/aromatic N) is 1. The van der Waals surface area contributed by atoms with Crippen LogP contribution in [0.2, 0.25) is 0 Å². The van der Waals surface area contributed by atoms with Gasteiger partial charge in [-0.1, -0.05) is 78.9 Å². The number of piperazine rings is 1. The van der Waals surface area contributed by atoms with Crippen LogP contribution in [0.1, 0.15) is 28.8 Å². The molecule has 1 heterocycles. The molecule has 0 spiro atoms. The van der Waals surface area contributed by atoms with Crippen LogP contribution in [0.3, 0.4) is 0 Å². The maximum atomic E-state index is 13.2. The molecule has 5 heteroatoms. The average molecular weight is 416 g/mol. The minimum Gasteiger partial charge on any atom is -0.496 e. The number of para-hydroxylation sites is 1. The Hall–Kier alpha value is -3.15. The second-order valence-corrected chi connectivity index (χ2v) is 7.75. The number of hydrogen-bond acceptors (Lipinski definition) is 4. The van der Waals surface area contributed by atoms with Crippen molar-refractivity contribution in [2.45, 2.75) is 12.1 Å². The van der Waals surface area contributed by atoms with E-state index in [1.54, 1.807) is 7.11 Å². The normalized spacial score (nSPS) is 16.8. The van der Waals surface area contributed by atoms with Gasteiger partial charge in [-0.25, -0.2) is 0 Å². The number of nitrogens with one attached hydrogen (secondary N) is 2.